The van der Waals surface area contributed by atoms with Crippen LogP contribution in [0.15, 0.2) is 33.3 Å². The number of benzene rings is 1. The van der Waals surface area contributed by atoms with Crippen LogP contribution in [0.1, 0.15) is 48.1 Å². The molecule has 2 fully saturated rings. The lowest BCUT2D eigenvalue weighted by atomic mass is 9.98. The van der Waals surface area contributed by atoms with E-state index in [2.05, 4.69) is 36.1 Å². The molecular formula is C29H34ClN9O12S2. The van der Waals surface area contributed by atoms with Crippen molar-refractivity contribution < 1.29 is 56.8 Å². The number of oxime groups is 1. The van der Waals surface area contributed by atoms with E-state index in [1.54, 1.807) is 6.07 Å². The molecule has 2 aliphatic rings. The molecule has 9 N–H and O–H groups in total. The van der Waals surface area contributed by atoms with Crippen molar-refractivity contribution in [2.24, 2.45) is 5.16 Å². The second-order valence-corrected chi connectivity index (χ2v) is 14.9. The first-order valence-corrected chi connectivity index (χ1v) is 18.3. The van der Waals surface area contributed by atoms with Crippen LogP contribution >= 0.6 is 22.9 Å². The molecule has 0 bridgehead atoms. The number of nitrogen functional groups attached to an aromatic ring is 1. The third-order valence-electron chi connectivity index (χ3n) is 8.32. The minimum Gasteiger partial charge on any atom is -0.504 e. The van der Waals surface area contributed by atoms with Crippen LogP contribution in [-0.4, -0.2) is 127 Å². The van der Waals surface area contributed by atoms with Gasteiger partial charge in [-0.25, -0.2) is 14.1 Å². The smallest absolute Gasteiger partial charge is 0.362 e. The molecule has 2 aromatic heterocycles. The summed E-state index contributed by atoms with van der Waals surface area (Å²) in [5.41, 5.74) is 3.98. The number of aliphatic carboxylic acids is 1. The predicted molar refractivity (Wildman–Crippen MR) is 186 cm³/mol. The number of anilines is 2. The Hall–Kier alpha value is -5.23. The van der Waals surface area contributed by atoms with E-state index in [0.717, 1.165) is 25.2 Å². The van der Waals surface area contributed by atoms with E-state index >= 15 is 0 Å². The molecule has 2 aliphatic heterocycles. The van der Waals surface area contributed by atoms with Gasteiger partial charge in [-0.2, -0.15) is 8.42 Å². The van der Waals surface area contributed by atoms with Crippen molar-refractivity contribution in [3.05, 3.63) is 45.7 Å². The molecule has 4 heterocycles. The predicted octanol–water partition coefficient (Wildman–Crippen LogP) is 0.192. The number of aromatic nitrogens is 2. The zero-order chi connectivity index (χ0) is 38.8. The molecule has 286 valence electrons. The topological polar surface area (TPSA) is 312 Å². The molecule has 0 unspecified atom stereocenters. The van der Waals surface area contributed by atoms with E-state index in [0.29, 0.717) is 44.0 Å². The Kier molecular flexibility index (Phi) is 11.3. The number of hydrogen-bond acceptors (Lipinski definition) is 17. The lowest BCUT2D eigenvalue weighted by Crippen LogP contribution is -2.74. The van der Waals surface area contributed by atoms with E-state index in [-0.39, 0.29) is 37.6 Å². The first kappa shape index (κ1) is 39.0. The maximum Gasteiger partial charge on any atom is 0.362 e. The summed E-state index contributed by atoms with van der Waals surface area (Å²) in [6.45, 7) is 4.09. The van der Waals surface area contributed by atoms with Crippen molar-refractivity contribution in [2.45, 2.75) is 43.9 Å². The Morgan fingerprint density at radius 3 is 2.66 bits per heavy atom. The number of likely N-dealkylation sites (tertiary alicyclic amines) is 1. The lowest BCUT2D eigenvalue weighted by Gasteiger charge is -2.44. The molecule has 53 heavy (non-hydrogen) atoms. The molecule has 5 rings (SSSR count). The Morgan fingerprint density at radius 1 is 1.26 bits per heavy atom. The van der Waals surface area contributed by atoms with Gasteiger partial charge in [-0.05, 0) is 38.9 Å². The van der Waals surface area contributed by atoms with Crippen LogP contribution in [-0.2, 0) is 29.5 Å². The standard InChI is InChI=1S/C29H34ClN9O12S2/c1-29(2,27(45)46)51-37-21(16-12-52-28(31)34-16)25(43)35-22-17(39(26(22)44)53(47,48)49)10-33-24(42)19-9-15(36-50-19)13-5-7-38(11-13)8-6-32-14-3-4-18(40)23(41)20(14)30/h3-4,9,12-13,17,22,32,40-41H,5-8,10-11H2,1-2H3,(H2,31,34)(H,33,42)(H,35,43)(H,45,46)(H,47,48,49)/b37-21-/t13-,17-,22+/m1/s1. The van der Waals surface area contributed by atoms with Crippen LogP contribution in [0.4, 0.5) is 10.8 Å². The number of halogens is 1. The normalized spacial score (nSPS) is 19.5. The van der Waals surface area contributed by atoms with E-state index in [1.165, 1.54) is 17.5 Å². The zero-order valence-electron chi connectivity index (χ0n) is 27.8. The second kappa shape index (κ2) is 15.4. The van der Waals surface area contributed by atoms with Crippen LogP contribution in [0.2, 0.25) is 5.02 Å². The van der Waals surface area contributed by atoms with Crippen molar-refractivity contribution >= 4 is 73.5 Å². The number of carbonyl (C=O) groups excluding carboxylic acids is 3. The minimum absolute atomic E-state index is 0.00178. The number of nitrogens with one attached hydrogen (secondary N) is 3. The fraction of sp³-hybridized carbons (Fsp3) is 0.414. The number of carbonyl (C=O) groups is 4. The van der Waals surface area contributed by atoms with Gasteiger partial charge in [0.05, 0.1) is 17.4 Å². The first-order chi connectivity index (χ1) is 24.9. The Morgan fingerprint density at radius 2 is 2.00 bits per heavy atom. The SMILES string of the molecule is CC(C)(O/N=C(\C(=O)N[C@@H]1C(=O)N(S(=O)(=O)O)[C@@H]1CNC(=O)c1cc([C@@H]2CCN(CCNc3ccc(O)c(O)c3Cl)C2)no1)c1csc(N)n1)C(=O)O. The Bertz CT molecular complexity index is 2050. The fourth-order valence-corrected chi connectivity index (χ4v) is 7.01. The number of rotatable bonds is 15. The molecule has 3 amide bonds. The maximum atomic E-state index is 13.3. The maximum absolute atomic E-state index is 13.3. The number of hydrogen-bond donors (Lipinski definition) is 8. The van der Waals surface area contributed by atoms with Gasteiger partial charge < -0.3 is 51.3 Å². The highest BCUT2D eigenvalue weighted by Gasteiger charge is 2.54. The van der Waals surface area contributed by atoms with Crippen LogP contribution in [0.3, 0.4) is 0 Å². The van der Waals surface area contributed by atoms with Crippen molar-refractivity contribution in [3.63, 3.8) is 0 Å². The molecule has 0 radical (unpaired) electrons. The zero-order valence-corrected chi connectivity index (χ0v) is 30.2. The number of carboxylic acids is 1. The second-order valence-electron chi connectivity index (χ2n) is 12.4. The van der Waals surface area contributed by atoms with Crippen LogP contribution in [0, 0.1) is 0 Å². The van der Waals surface area contributed by atoms with Crippen molar-refractivity contribution in [3.8, 4) is 11.5 Å². The molecule has 21 nitrogen and oxygen atoms in total. The quantitative estimate of drug-likeness (QED) is 0.0254. The van der Waals surface area contributed by atoms with Gasteiger partial charge in [0.1, 0.15) is 16.8 Å². The highest BCUT2D eigenvalue weighted by Crippen LogP contribution is 2.38. The average molecular weight is 800 g/mol. The summed E-state index contributed by atoms with van der Waals surface area (Å²) >= 11 is 6.98. The van der Waals surface area contributed by atoms with Crippen molar-refractivity contribution in [1.29, 1.82) is 0 Å². The van der Waals surface area contributed by atoms with Gasteiger partial charge in [-0.15, -0.1) is 11.3 Å². The number of β-lactam (4-membered cyclic amide) rings is 1. The van der Waals surface area contributed by atoms with E-state index in [4.69, 9.17) is 26.7 Å². The van der Waals surface area contributed by atoms with Gasteiger partial charge in [-0.1, -0.05) is 21.9 Å². The van der Waals surface area contributed by atoms with Crippen LogP contribution < -0.4 is 21.7 Å². The van der Waals surface area contributed by atoms with Gasteiger partial charge in [0.2, 0.25) is 11.4 Å². The molecule has 0 aliphatic carbocycles. The van der Waals surface area contributed by atoms with Crippen molar-refractivity contribution in [1.82, 2.24) is 30.0 Å². The van der Waals surface area contributed by atoms with E-state index in [9.17, 15) is 47.5 Å². The summed E-state index contributed by atoms with van der Waals surface area (Å²) in [6, 6.07) is 1.16. The van der Waals surface area contributed by atoms with Gasteiger partial charge in [-0.3, -0.25) is 18.9 Å². The first-order valence-electron chi connectivity index (χ1n) is 15.6. The molecular weight excluding hydrogens is 766 g/mol. The van der Waals surface area contributed by atoms with E-state index in [1.807, 2.05) is 0 Å². The summed E-state index contributed by atoms with van der Waals surface area (Å²) in [5, 5.41) is 45.5. The van der Waals surface area contributed by atoms with Crippen molar-refractivity contribution in [2.75, 3.05) is 43.8 Å². The molecule has 24 heteroatoms. The molecule has 3 aromatic rings. The van der Waals surface area contributed by atoms with Gasteiger partial charge in [0.25, 0.3) is 17.7 Å². The summed E-state index contributed by atoms with van der Waals surface area (Å²) < 4.78 is 39.0. The number of amides is 3. The van der Waals surface area contributed by atoms with E-state index < -0.39 is 69.7 Å². The number of phenols is 2. The van der Waals surface area contributed by atoms with Crippen LogP contribution in [0.5, 0.6) is 11.5 Å². The molecule has 1 aromatic carbocycles. The average Bonchev–Trinajstić information content (AvgIpc) is 3.86. The van der Waals surface area contributed by atoms with Gasteiger partial charge in [0.15, 0.2) is 22.3 Å². The number of phenolic OH excluding ortho intramolecular Hbond substituents is 2. The lowest BCUT2D eigenvalue weighted by molar-refractivity contribution is -0.161. The highest BCUT2D eigenvalue weighted by atomic mass is 35.5. The van der Waals surface area contributed by atoms with Gasteiger partial charge in [0, 0.05) is 43.5 Å². The fourth-order valence-electron chi connectivity index (χ4n) is 5.36. The summed E-state index contributed by atoms with van der Waals surface area (Å²) in [7, 11) is -5.13. The Labute approximate surface area is 309 Å². The number of nitrogens with zero attached hydrogens (tertiary/aromatic N) is 5. The minimum atomic E-state index is -5.13. The largest absolute Gasteiger partial charge is 0.504 e. The highest BCUT2D eigenvalue weighted by molar-refractivity contribution is 7.84. The molecule has 0 saturated carbocycles. The number of thiazole rings is 1. The molecule has 0 spiro atoms. The summed E-state index contributed by atoms with van der Waals surface area (Å²) in [6.07, 6.45) is 0.695. The third kappa shape index (κ3) is 8.71. The van der Waals surface area contributed by atoms with Crippen LogP contribution in [0.25, 0.3) is 0 Å². The van der Waals surface area contributed by atoms with Gasteiger partial charge >= 0.3 is 16.3 Å². The summed E-state index contributed by atoms with van der Waals surface area (Å²) in [4.78, 5) is 61.7. The number of aromatic hydroxyl groups is 2. The molecule has 3 atom stereocenters. The Balaban J connectivity index is 1.19. The third-order valence-corrected chi connectivity index (χ3v) is 10.3. The monoisotopic (exact) mass is 799 g/mol. The number of nitrogens with two attached hydrogens (primary N) is 1. The summed E-state index contributed by atoms with van der Waals surface area (Å²) in [5.74, 6) is -5.68. The number of carboxylic acid groups (broad SMARTS) is 1. The molecule has 2 saturated heterocycles.